The van der Waals surface area contributed by atoms with E-state index < -0.39 is 34.4 Å². The molecule has 1 atom stereocenters. The lowest BCUT2D eigenvalue weighted by Crippen LogP contribution is -2.41. The van der Waals surface area contributed by atoms with Gasteiger partial charge in [-0.1, -0.05) is 53.5 Å². The first-order valence-corrected chi connectivity index (χ1v) is 13.1. The fourth-order valence-electron chi connectivity index (χ4n) is 3.81. The van der Waals surface area contributed by atoms with Gasteiger partial charge in [0.2, 0.25) is 5.78 Å². The van der Waals surface area contributed by atoms with Gasteiger partial charge in [0.25, 0.3) is 10.0 Å². The van der Waals surface area contributed by atoms with Crippen molar-refractivity contribution in [1.82, 2.24) is 4.31 Å². The van der Waals surface area contributed by atoms with Crippen molar-refractivity contribution < 1.29 is 22.7 Å². The smallest absolute Gasteiger partial charge is 0.308 e. The number of esters is 1. The van der Waals surface area contributed by atoms with E-state index in [9.17, 15) is 18.0 Å². The summed E-state index contributed by atoms with van der Waals surface area (Å²) in [4.78, 5) is 25.2. The summed E-state index contributed by atoms with van der Waals surface area (Å²) in [6.07, 6.45) is 0.316. The number of benzene rings is 2. The number of sulfonamides is 1. The number of hydrogen-bond donors (Lipinski definition) is 0. The molecule has 2 aromatic carbocycles. The minimum atomic E-state index is -3.80. The largest absolute Gasteiger partial charge is 0.457 e. The number of carbonyl (C=O) groups is 2. The molecule has 1 aliphatic rings. The molecule has 0 spiro atoms. The predicted molar refractivity (Wildman–Crippen MR) is 127 cm³/mol. The SMILES string of the molecule is O=C(CC1c2ccccc2CCN1S(=O)(=O)c1cccs1)OCC(=O)c1cc(Cl)ccc1Cl. The van der Waals surface area contributed by atoms with E-state index in [0.717, 1.165) is 22.5 Å². The zero-order chi connectivity index (χ0) is 23.6. The molecule has 0 fully saturated rings. The molecule has 6 nitrogen and oxygen atoms in total. The van der Waals surface area contributed by atoms with Crippen LogP contribution in [0.2, 0.25) is 10.0 Å². The van der Waals surface area contributed by atoms with E-state index in [-0.39, 0.29) is 27.8 Å². The number of fused-ring (bicyclic) bond motifs is 1. The lowest BCUT2D eigenvalue weighted by Gasteiger charge is -2.35. The zero-order valence-corrected chi connectivity index (χ0v) is 20.4. The number of rotatable bonds is 7. The zero-order valence-electron chi connectivity index (χ0n) is 17.2. The molecule has 1 aromatic heterocycles. The quantitative estimate of drug-likeness (QED) is 0.315. The molecule has 1 aliphatic heterocycles. The number of carbonyl (C=O) groups excluding carboxylic acids is 2. The van der Waals surface area contributed by atoms with E-state index in [1.54, 1.807) is 23.6 Å². The summed E-state index contributed by atoms with van der Waals surface area (Å²) in [6, 6.07) is 14.4. The first kappa shape index (κ1) is 23.9. The van der Waals surface area contributed by atoms with Crippen molar-refractivity contribution in [3.63, 3.8) is 0 Å². The maximum absolute atomic E-state index is 13.3. The van der Waals surface area contributed by atoms with Crippen molar-refractivity contribution in [2.75, 3.05) is 13.2 Å². The average molecular weight is 524 g/mol. The third-order valence-electron chi connectivity index (χ3n) is 5.37. The Kier molecular flexibility index (Phi) is 7.21. The molecule has 4 rings (SSSR count). The van der Waals surface area contributed by atoms with Crippen molar-refractivity contribution in [1.29, 1.82) is 0 Å². The molecule has 0 saturated heterocycles. The second-order valence-corrected chi connectivity index (χ2v) is 11.3. The summed E-state index contributed by atoms with van der Waals surface area (Å²) in [5.41, 5.74) is 1.89. The predicted octanol–water partition coefficient (Wildman–Crippen LogP) is 5.16. The van der Waals surface area contributed by atoms with E-state index >= 15 is 0 Å². The van der Waals surface area contributed by atoms with Crippen LogP contribution in [0.1, 0.15) is 33.9 Å². The van der Waals surface area contributed by atoms with Gasteiger partial charge in [-0.2, -0.15) is 4.31 Å². The topological polar surface area (TPSA) is 80.8 Å². The summed E-state index contributed by atoms with van der Waals surface area (Å²) < 4.78 is 33.3. The van der Waals surface area contributed by atoms with Crippen molar-refractivity contribution in [3.8, 4) is 0 Å². The number of hydrogen-bond acceptors (Lipinski definition) is 6. The van der Waals surface area contributed by atoms with Crippen LogP contribution in [-0.4, -0.2) is 37.6 Å². The Morgan fingerprint density at radius 2 is 1.88 bits per heavy atom. The Labute approximate surface area is 205 Å². The molecule has 0 radical (unpaired) electrons. The Hall–Kier alpha value is -2.23. The van der Waals surface area contributed by atoms with Crippen LogP contribution in [-0.2, 0) is 26.0 Å². The fourth-order valence-corrected chi connectivity index (χ4v) is 6.93. The highest BCUT2D eigenvalue weighted by Gasteiger charge is 2.38. The number of nitrogens with zero attached hydrogens (tertiary/aromatic N) is 1. The van der Waals surface area contributed by atoms with E-state index in [1.165, 1.54) is 16.4 Å². The minimum absolute atomic E-state index is 0.155. The summed E-state index contributed by atoms with van der Waals surface area (Å²) in [5, 5.41) is 2.23. The molecule has 10 heteroatoms. The Morgan fingerprint density at radius 3 is 2.64 bits per heavy atom. The van der Waals surface area contributed by atoms with Gasteiger partial charge >= 0.3 is 5.97 Å². The molecule has 33 heavy (non-hydrogen) atoms. The highest BCUT2D eigenvalue weighted by atomic mass is 35.5. The summed E-state index contributed by atoms with van der Waals surface area (Å²) >= 11 is 13.1. The van der Waals surface area contributed by atoms with Crippen LogP contribution in [0.4, 0.5) is 0 Å². The number of thiophene rings is 1. The number of ether oxygens (including phenoxy) is 1. The van der Waals surface area contributed by atoms with Crippen LogP contribution in [0.3, 0.4) is 0 Å². The first-order chi connectivity index (χ1) is 15.8. The Morgan fingerprint density at radius 1 is 1.09 bits per heavy atom. The average Bonchev–Trinajstić information content (AvgIpc) is 3.35. The van der Waals surface area contributed by atoms with Crippen LogP contribution in [0.25, 0.3) is 0 Å². The van der Waals surface area contributed by atoms with Crippen molar-refractivity contribution in [2.45, 2.75) is 23.1 Å². The summed E-state index contributed by atoms with van der Waals surface area (Å²) in [7, 11) is -3.80. The van der Waals surface area contributed by atoms with Crippen molar-refractivity contribution in [3.05, 3.63) is 86.7 Å². The molecule has 0 N–H and O–H groups in total. The minimum Gasteiger partial charge on any atom is -0.457 e. The van der Waals surface area contributed by atoms with Crippen LogP contribution in [0.15, 0.2) is 64.2 Å². The molecule has 0 saturated carbocycles. The molecule has 1 unspecified atom stereocenters. The Balaban J connectivity index is 1.54. The van der Waals surface area contributed by atoms with Gasteiger partial charge in [0.15, 0.2) is 6.61 Å². The normalized spacial score (nSPS) is 16.2. The van der Waals surface area contributed by atoms with Gasteiger partial charge in [-0.25, -0.2) is 8.42 Å². The van der Waals surface area contributed by atoms with Crippen LogP contribution >= 0.6 is 34.5 Å². The van der Waals surface area contributed by atoms with Crippen molar-refractivity contribution in [2.24, 2.45) is 0 Å². The molecule has 0 amide bonds. The summed E-state index contributed by atoms with van der Waals surface area (Å²) in [5.74, 6) is -1.18. The maximum atomic E-state index is 13.3. The van der Waals surface area contributed by atoms with E-state index in [1.807, 2.05) is 24.3 Å². The highest BCUT2D eigenvalue weighted by Crippen LogP contribution is 2.37. The third-order valence-corrected chi connectivity index (χ3v) is 9.22. The molecular weight excluding hydrogens is 505 g/mol. The fraction of sp³-hybridized carbons (Fsp3) is 0.217. The highest BCUT2D eigenvalue weighted by molar-refractivity contribution is 7.91. The van der Waals surface area contributed by atoms with Gasteiger partial charge in [0.05, 0.1) is 17.5 Å². The second-order valence-electron chi connectivity index (χ2n) is 7.42. The first-order valence-electron chi connectivity index (χ1n) is 10.0. The van der Waals surface area contributed by atoms with Crippen LogP contribution < -0.4 is 0 Å². The van der Waals surface area contributed by atoms with Gasteiger partial charge in [0.1, 0.15) is 4.21 Å². The molecule has 3 aromatic rings. The standard InChI is InChI=1S/C23H19Cl2NO5S2/c24-16-7-8-19(25)18(12-16)21(27)14-31-22(28)13-20-17-5-2-1-4-15(17)9-10-26(20)33(29,30)23-6-3-11-32-23/h1-8,11-12,20H,9-10,13-14H2. The van der Waals surface area contributed by atoms with Gasteiger partial charge < -0.3 is 4.74 Å². The molecule has 0 aliphatic carbocycles. The van der Waals surface area contributed by atoms with Crippen LogP contribution in [0, 0.1) is 0 Å². The lowest BCUT2D eigenvalue weighted by atomic mass is 9.92. The lowest BCUT2D eigenvalue weighted by molar-refractivity contribution is -0.143. The van der Waals surface area contributed by atoms with E-state index in [4.69, 9.17) is 27.9 Å². The molecule has 0 bridgehead atoms. The molecular formula is C23H19Cl2NO5S2. The number of halogens is 2. The monoisotopic (exact) mass is 523 g/mol. The molecule has 172 valence electrons. The van der Waals surface area contributed by atoms with Gasteiger partial charge in [-0.3, -0.25) is 9.59 Å². The summed E-state index contributed by atoms with van der Waals surface area (Å²) in [6.45, 7) is -0.281. The van der Waals surface area contributed by atoms with Crippen LogP contribution in [0.5, 0.6) is 0 Å². The van der Waals surface area contributed by atoms with E-state index in [0.29, 0.717) is 11.4 Å². The number of ketones is 1. The number of Topliss-reactive ketones (excluding diaryl/α,β-unsaturated/α-hetero) is 1. The Bertz CT molecular complexity index is 1290. The van der Waals surface area contributed by atoms with Gasteiger partial charge in [0, 0.05) is 17.1 Å². The van der Waals surface area contributed by atoms with Crippen molar-refractivity contribution >= 4 is 56.3 Å². The third kappa shape index (κ3) is 5.15. The second kappa shape index (κ2) is 9.95. The maximum Gasteiger partial charge on any atom is 0.308 e. The van der Waals surface area contributed by atoms with Gasteiger partial charge in [-0.15, -0.1) is 11.3 Å². The van der Waals surface area contributed by atoms with Gasteiger partial charge in [-0.05, 0) is 47.2 Å². The molecule has 2 heterocycles. The van der Waals surface area contributed by atoms with E-state index in [2.05, 4.69) is 0 Å².